The number of halogens is 4. The van der Waals surface area contributed by atoms with Crippen LogP contribution in [-0.4, -0.2) is 44.1 Å². The quantitative estimate of drug-likeness (QED) is 0.173. The zero-order chi connectivity index (χ0) is 40.2. The number of rotatable bonds is 0. The molecule has 58 heavy (non-hydrogen) atoms. The first-order valence-corrected chi connectivity index (χ1v) is 25.1. The van der Waals surface area contributed by atoms with Crippen molar-refractivity contribution in [3.05, 3.63) is 115 Å². The summed E-state index contributed by atoms with van der Waals surface area (Å²) >= 11 is 31.0. The molecule has 8 unspecified atom stereocenters. The number of fused-ring (bicyclic) bond motifs is 8. The number of hydrogen-bond acceptors (Lipinski definition) is 8. The lowest BCUT2D eigenvalue weighted by Crippen LogP contribution is -2.38. The Morgan fingerprint density at radius 3 is 1.10 bits per heavy atom. The maximum absolute atomic E-state index is 12.3. The van der Waals surface area contributed by atoms with Crippen molar-refractivity contribution in [3.63, 3.8) is 0 Å². The van der Waals surface area contributed by atoms with Crippen molar-refractivity contribution < 1.29 is 19.2 Å². The fourth-order valence-corrected chi connectivity index (χ4v) is 15.4. The first-order valence-electron chi connectivity index (χ1n) is 20.0. The van der Waals surface area contributed by atoms with Gasteiger partial charge in [0.25, 0.3) is 0 Å². The topological polar surface area (TPSA) is 68.3 Å². The summed E-state index contributed by atoms with van der Waals surface area (Å²) in [7, 11) is 0. The third-order valence-electron chi connectivity index (χ3n) is 12.4. The molecule has 0 saturated heterocycles. The molecule has 0 bridgehead atoms. The van der Waals surface area contributed by atoms with E-state index in [1.807, 2.05) is 108 Å². The van der Waals surface area contributed by atoms with E-state index >= 15 is 0 Å². The van der Waals surface area contributed by atoms with E-state index in [4.69, 9.17) is 46.4 Å². The van der Waals surface area contributed by atoms with Gasteiger partial charge in [0.2, 0.25) is 0 Å². The van der Waals surface area contributed by atoms with Crippen LogP contribution in [0.5, 0.6) is 0 Å². The van der Waals surface area contributed by atoms with Crippen molar-refractivity contribution in [1.29, 1.82) is 0 Å². The highest BCUT2D eigenvalue weighted by Crippen LogP contribution is 2.53. The van der Waals surface area contributed by atoms with E-state index in [1.165, 1.54) is 38.5 Å². The van der Waals surface area contributed by atoms with Crippen LogP contribution in [0.15, 0.2) is 92.4 Å². The molecular weight excluding hydrogens is 887 g/mol. The van der Waals surface area contributed by atoms with E-state index in [-0.39, 0.29) is 23.7 Å². The molecule has 0 radical (unpaired) electrons. The van der Waals surface area contributed by atoms with E-state index in [0.29, 0.717) is 64.2 Å². The van der Waals surface area contributed by atoms with Crippen LogP contribution in [0, 0.1) is 23.7 Å². The lowest BCUT2D eigenvalue weighted by Gasteiger charge is -2.39. The van der Waals surface area contributed by atoms with Crippen molar-refractivity contribution >= 4 is 117 Å². The van der Waals surface area contributed by atoms with Crippen LogP contribution in [0.1, 0.15) is 106 Å². The number of thioether (sulfide) groups is 4. The standard InChI is InChI=1S/C13H13ClOS.C12H11ClOS.C11H9ClOS.C10H7ClOS/c14-8-5-6-12-10(7-8)13(15)9-3-1-2-4-11(9)16-12;13-7-4-5-11-9(6-7)12(14)8-2-1-3-10(8)15-11;12-6-1-3-10-8(5-6)11(13)7-2-4-9(7)14-10;11-5-1-2-8-6(3-5)10(12)7-4-9(7)13-8/h5-7,9,11H,1-4H2;4-6,8,10H,1-3H2;1,3,5,7,9H,2,4H2;1-3,7,9H,4H2. The summed E-state index contributed by atoms with van der Waals surface area (Å²) in [6, 6.07) is 22.6. The van der Waals surface area contributed by atoms with E-state index in [9.17, 15) is 19.2 Å². The van der Waals surface area contributed by atoms with Crippen molar-refractivity contribution in [1.82, 2.24) is 0 Å². The second-order valence-electron chi connectivity index (χ2n) is 16.1. The van der Waals surface area contributed by atoms with Gasteiger partial charge in [-0.15, -0.1) is 47.0 Å². The fourth-order valence-electron chi connectivity index (χ4n) is 9.03. The van der Waals surface area contributed by atoms with Crippen molar-refractivity contribution in [2.75, 3.05) is 0 Å². The van der Waals surface area contributed by atoms with E-state index in [2.05, 4.69) is 0 Å². The fraction of sp³-hybridized carbons (Fsp3) is 0.391. The number of Topliss-reactive ketones (excluding diaryl/α,β-unsaturated/α-hetero) is 4. The molecule has 12 heteroatoms. The molecule has 4 aliphatic heterocycles. The summed E-state index contributed by atoms with van der Waals surface area (Å²) in [6.45, 7) is 0. The summed E-state index contributed by atoms with van der Waals surface area (Å²) in [5.74, 6) is 2.28. The van der Waals surface area contributed by atoms with E-state index < -0.39 is 0 Å². The van der Waals surface area contributed by atoms with Crippen molar-refractivity contribution in [2.24, 2.45) is 23.7 Å². The normalized spacial score (nSPS) is 28.9. The third kappa shape index (κ3) is 8.49. The molecule has 8 atom stereocenters. The van der Waals surface area contributed by atoms with Crippen molar-refractivity contribution in [2.45, 2.75) is 105 Å². The molecule has 0 N–H and O–H groups in total. The Kier molecular flexibility index (Phi) is 12.5. The lowest BCUT2D eigenvalue weighted by atomic mass is 9.79. The lowest BCUT2D eigenvalue weighted by molar-refractivity contribution is 0.0852. The van der Waals surface area contributed by atoms with Crippen LogP contribution in [0.3, 0.4) is 0 Å². The minimum absolute atomic E-state index is 0.240. The first kappa shape index (κ1) is 41.5. The summed E-state index contributed by atoms with van der Waals surface area (Å²) in [5, 5.41) is 4.78. The van der Waals surface area contributed by atoms with Gasteiger partial charge < -0.3 is 0 Å². The van der Waals surface area contributed by atoms with Gasteiger partial charge in [-0.1, -0.05) is 65.7 Å². The van der Waals surface area contributed by atoms with Crippen LogP contribution in [0.4, 0.5) is 0 Å². The van der Waals surface area contributed by atoms with Gasteiger partial charge in [-0.3, -0.25) is 19.2 Å². The minimum Gasteiger partial charge on any atom is -0.294 e. The summed E-state index contributed by atoms with van der Waals surface area (Å²) in [5.41, 5.74) is 3.36. The molecular formula is C46H40Cl4O4S4. The predicted molar refractivity (Wildman–Crippen MR) is 242 cm³/mol. The van der Waals surface area contributed by atoms with Gasteiger partial charge in [0, 0.05) is 107 Å². The number of carbonyl (C=O) groups excluding carboxylic acids is 4. The summed E-state index contributed by atoms with van der Waals surface area (Å²) < 4.78 is 0. The minimum atomic E-state index is 0.240. The number of hydrogen-bond donors (Lipinski definition) is 0. The molecule has 4 aromatic rings. The third-order valence-corrected chi connectivity index (χ3v) is 19.2. The molecule has 4 nitrogen and oxygen atoms in total. The molecule has 4 heterocycles. The van der Waals surface area contributed by atoms with Gasteiger partial charge in [0.1, 0.15) is 0 Å². The molecule has 4 saturated carbocycles. The Labute approximate surface area is 376 Å². The van der Waals surface area contributed by atoms with Crippen LogP contribution >= 0.6 is 93.5 Å². The van der Waals surface area contributed by atoms with Gasteiger partial charge >= 0.3 is 0 Å². The Bertz CT molecular complexity index is 2330. The van der Waals surface area contributed by atoms with E-state index in [1.54, 1.807) is 12.1 Å². The first-order chi connectivity index (χ1) is 28.0. The highest BCUT2D eigenvalue weighted by atomic mass is 35.5. The maximum Gasteiger partial charge on any atom is 0.168 e. The molecule has 0 aromatic heterocycles. The number of ketones is 4. The molecule has 4 aliphatic carbocycles. The Hall–Kier alpha value is -1.88. The highest BCUT2D eigenvalue weighted by molar-refractivity contribution is 8.01. The average molecular weight is 927 g/mol. The molecule has 4 aromatic carbocycles. The zero-order valence-corrected chi connectivity index (χ0v) is 37.7. The zero-order valence-electron chi connectivity index (χ0n) is 31.4. The largest absolute Gasteiger partial charge is 0.294 e. The molecule has 8 aliphatic rings. The molecule has 0 spiro atoms. The molecule has 0 amide bonds. The predicted octanol–water partition coefficient (Wildman–Crippen LogP) is 14.4. The van der Waals surface area contributed by atoms with Gasteiger partial charge in [-0.25, -0.2) is 0 Å². The van der Waals surface area contributed by atoms with Crippen LogP contribution < -0.4 is 0 Å². The monoisotopic (exact) mass is 924 g/mol. The van der Waals surface area contributed by atoms with Crippen molar-refractivity contribution in [3.8, 4) is 0 Å². The van der Waals surface area contributed by atoms with Gasteiger partial charge in [-0.2, -0.15) is 0 Å². The molecule has 4 fully saturated rings. The Morgan fingerprint density at radius 2 is 0.690 bits per heavy atom. The Morgan fingerprint density at radius 1 is 0.362 bits per heavy atom. The molecule has 12 rings (SSSR count). The number of benzene rings is 4. The smallest absolute Gasteiger partial charge is 0.168 e. The maximum atomic E-state index is 12.3. The van der Waals surface area contributed by atoms with Crippen LogP contribution in [0.25, 0.3) is 0 Å². The van der Waals surface area contributed by atoms with Gasteiger partial charge in [-0.05, 0) is 118 Å². The van der Waals surface area contributed by atoms with Crippen LogP contribution in [0.2, 0.25) is 20.1 Å². The van der Waals surface area contributed by atoms with Crippen LogP contribution in [-0.2, 0) is 0 Å². The van der Waals surface area contributed by atoms with Gasteiger partial charge in [0.15, 0.2) is 23.1 Å². The average Bonchev–Trinajstić information content (AvgIpc) is 3.84. The molecule has 300 valence electrons. The second-order valence-corrected chi connectivity index (χ2v) is 23.0. The van der Waals surface area contributed by atoms with Gasteiger partial charge in [0.05, 0.1) is 0 Å². The van der Waals surface area contributed by atoms with E-state index in [0.717, 1.165) is 67.5 Å². The summed E-state index contributed by atoms with van der Waals surface area (Å²) in [4.78, 5) is 52.7. The Balaban J connectivity index is 0.000000100. The summed E-state index contributed by atoms with van der Waals surface area (Å²) in [6.07, 6.45) is 11.4. The highest BCUT2D eigenvalue weighted by Gasteiger charge is 2.48. The SMILES string of the molecule is O=C1c2cc(Cl)ccc2SC2CC12.O=C1c2cc(Cl)ccc2SC2CCC12.O=C1c2cc(Cl)ccc2SC2CCCC12.O=C1c2cc(Cl)ccc2SC2CCCCC12. The second kappa shape index (κ2) is 17.5. The number of carbonyl (C=O) groups is 4.